The minimum Gasteiger partial charge on any atom is -0.308 e. The summed E-state index contributed by atoms with van der Waals surface area (Å²) in [5.41, 5.74) is 0.830. The first-order valence-electron chi connectivity index (χ1n) is 7.95. The molecule has 1 fully saturated rings. The Balaban J connectivity index is 2.70. The Morgan fingerprint density at radius 1 is 1.16 bits per heavy atom. The van der Waals surface area contributed by atoms with Crippen molar-refractivity contribution in [3.05, 3.63) is 0 Å². The van der Waals surface area contributed by atoms with E-state index in [1.165, 1.54) is 19.3 Å². The minimum absolute atomic E-state index is 0.0738. The maximum Gasteiger partial charge on any atom is 0.149 e. The van der Waals surface area contributed by atoms with Crippen LogP contribution in [0.25, 0.3) is 0 Å². The number of hydrogen-bond donors (Lipinski definition) is 1. The molecule has 1 saturated carbocycles. The SMILES string of the molecule is CCNC(CC1CC(C)(C)CC(C)(C)C1)C(=O)CC. The molecule has 0 heterocycles. The minimum atomic E-state index is 0.0738. The predicted octanol–water partition coefficient (Wildman–Crippen LogP) is 4.19. The molecule has 0 aromatic heterocycles. The Morgan fingerprint density at radius 2 is 1.68 bits per heavy atom. The lowest BCUT2D eigenvalue weighted by atomic mass is 9.60. The van der Waals surface area contributed by atoms with E-state index in [4.69, 9.17) is 0 Å². The van der Waals surface area contributed by atoms with Crippen molar-refractivity contribution in [2.45, 2.75) is 79.7 Å². The van der Waals surface area contributed by atoms with Gasteiger partial charge in [0.1, 0.15) is 5.78 Å². The van der Waals surface area contributed by atoms with E-state index in [0.717, 1.165) is 13.0 Å². The highest BCUT2D eigenvalue weighted by Gasteiger charge is 2.39. The number of hydrogen-bond acceptors (Lipinski definition) is 2. The van der Waals surface area contributed by atoms with Crippen molar-refractivity contribution >= 4 is 5.78 Å². The van der Waals surface area contributed by atoms with E-state index >= 15 is 0 Å². The summed E-state index contributed by atoms with van der Waals surface area (Å²) in [6.45, 7) is 14.5. The lowest BCUT2D eigenvalue weighted by Gasteiger charge is -2.45. The third kappa shape index (κ3) is 5.25. The zero-order chi connectivity index (χ0) is 14.7. The number of likely N-dealkylation sites (N-methyl/N-ethyl adjacent to an activating group) is 1. The maximum atomic E-state index is 12.0. The van der Waals surface area contributed by atoms with Crippen molar-refractivity contribution in [2.75, 3.05) is 6.54 Å². The first kappa shape index (κ1) is 16.7. The van der Waals surface area contributed by atoms with Gasteiger partial charge in [0, 0.05) is 6.42 Å². The van der Waals surface area contributed by atoms with Crippen LogP contribution in [0.3, 0.4) is 0 Å². The van der Waals surface area contributed by atoms with Crippen LogP contribution in [-0.4, -0.2) is 18.4 Å². The van der Waals surface area contributed by atoms with E-state index in [-0.39, 0.29) is 6.04 Å². The smallest absolute Gasteiger partial charge is 0.149 e. The molecule has 2 nitrogen and oxygen atoms in total. The highest BCUT2D eigenvalue weighted by atomic mass is 16.1. The second-order valence-electron chi connectivity index (χ2n) is 7.95. The Bertz CT molecular complexity index is 290. The molecule has 2 heteroatoms. The van der Waals surface area contributed by atoms with Crippen LogP contribution in [0.1, 0.15) is 73.6 Å². The van der Waals surface area contributed by atoms with Gasteiger partial charge in [-0.05, 0) is 49.0 Å². The molecule has 1 unspecified atom stereocenters. The highest BCUT2D eigenvalue weighted by molar-refractivity contribution is 5.83. The predicted molar refractivity (Wildman–Crippen MR) is 82.3 cm³/mol. The Morgan fingerprint density at radius 3 is 2.11 bits per heavy atom. The molecular formula is C17H33NO. The number of Topliss-reactive ketones (excluding diaryl/α,β-unsaturated/α-hetero) is 1. The van der Waals surface area contributed by atoms with Crippen LogP contribution in [-0.2, 0) is 4.79 Å². The fraction of sp³-hybridized carbons (Fsp3) is 0.941. The lowest BCUT2D eigenvalue weighted by molar-refractivity contribution is -0.121. The van der Waals surface area contributed by atoms with Crippen molar-refractivity contribution in [3.63, 3.8) is 0 Å². The molecule has 19 heavy (non-hydrogen) atoms. The molecule has 0 aliphatic heterocycles. The first-order valence-corrected chi connectivity index (χ1v) is 7.95. The van der Waals surface area contributed by atoms with Crippen LogP contribution in [0.5, 0.6) is 0 Å². The Hall–Kier alpha value is -0.370. The monoisotopic (exact) mass is 267 g/mol. The summed E-state index contributed by atoms with van der Waals surface area (Å²) in [6.07, 6.45) is 5.49. The zero-order valence-electron chi connectivity index (χ0n) is 13.8. The highest BCUT2D eigenvalue weighted by Crippen LogP contribution is 2.49. The van der Waals surface area contributed by atoms with E-state index < -0.39 is 0 Å². The number of ketones is 1. The Kier molecular flexibility index (Phi) is 5.61. The third-order valence-corrected chi connectivity index (χ3v) is 4.40. The van der Waals surface area contributed by atoms with Crippen molar-refractivity contribution in [2.24, 2.45) is 16.7 Å². The van der Waals surface area contributed by atoms with Crippen LogP contribution >= 0.6 is 0 Å². The molecule has 0 aromatic carbocycles. The van der Waals surface area contributed by atoms with Crippen LogP contribution in [0.15, 0.2) is 0 Å². The van der Waals surface area contributed by atoms with E-state index in [1.54, 1.807) is 0 Å². The fourth-order valence-electron chi connectivity index (χ4n) is 4.40. The van der Waals surface area contributed by atoms with Gasteiger partial charge in [-0.25, -0.2) is 0 Å². The van der Waals surface area contributed by atoms with E-state index in [9.17, 15) is 4.79 Å². The van der Waals surface area contributed by atoms with Crippen molar-refractivity contribution in [1.29, 1.82) is 0 Å². The van der Waals surface area contributed by atoms with Crippen LogP contribution < -0.4 is 5.32 Å². The zero-order valence-corrected chi connectivity index (χ0v) is 13.8. The van der Waals surface area contributed by atoms with Crippen LogP contribution in [0, 0.1) is 16.7 Å². The Labute approximate surface area is 119 Å². The van der Waals surface area contributed by atoms with Gasteiger partial charge in [-0.15, -0.1) is 0 Å². The topological polar surface area (TPSA) is 29.1 Å². The van der Waals surface area contributed by atoms with E-state index in [0.29, 0.717) is 29.0 Å². The van der Waals surface area contributed by atoms with Crippen LogP contribution in [0.2, 0.25) is 0 Å². The van der Waals surface area contributed by atoms with Gasteiger partial charge in [-0.2, -0.15) is 0 Å². The van der Waals surface area contributed by atoms with E-state index in [1.807, 2.05) is 6.92 Å². The summed E-state index contributed by atoms with van der Waals surface area (Å²) in [5.74, 6) is 1.06. The normalized spacial score (nSPS) is 24.1. The van der Waals surface area contributed by atoms with Crippen molar-refractivity contribution < 1.29 is 4.79 Å². The van der Waals surface area contributed by atoms with Gasteiger partial charge in [-0.3, -0.25) is 4.79 Å². The number of rotatable bonds is 6. The summed E-state index contributed by atoms with van der Waals surface area (Å²) < 4.78 is 0. The molecule has 0 bridgehead atoms. The van der Waals surface area contributed by atoms with Gasteiger partial charge in [-0.1, -0.05) is 41.5 Å². The summed E-state index contributed by atoms with van der Waals surface area (Å²) in [4.78, 5) is 12.0. The summed E-state index contributed by atoms with van der Waals surface area (Å²) in [5, 5.41) is 3.39. The number of carbonyl (C=O) groups is 1. The molecule has 0 aromatic rings. The average molecular weight is 267 g/mol. The molecule has 1 rings (SSSR count). The van der Waals surface area contributed by atoms with Crippen molar-refractivity contribution in [1.82, 2.24) is 5.32 Å². The molecular weight excluding hydrogens is 234 g/mol. The molecule has 1 atom stereocenters. The molecule has 0 spiro atoms. The fourth-order valence-corrected chi connectivity index (χ4v) is 4.40. The van der Waals surface area contributed by atoms with Gasteiger partial charge in [0.05, 0.1) is 6.04 Å². The van der Waals surface area contributed by atoms with Gasteiger partial charge < -0.3 is 5.32 Å². The van der Waals surface area contributed by atoms with Crippen molar-refractivity contribution in [3.8, 4) is 0 Å². The summed E-state index contributed by atoms with van der Waals surface area (Å²) in [6, 6.07) is 0.0738. The third-order valence-electron chi connectivity index (χ3n) is 4.40. The number of carbonyl (C=O) groups excluding carboxylic acids is 1. The van der Waals surface area contributed by atoms with Gasteiger partial charge in [0.2, 0.25) is 0 Å². The van der Waals surface area contributed by atoms with E-state index in [2.05, 4.69) is 39.9 Å². The van der Waals surface area contributed by atoms with Gasteiger partial charge >= 0.3 is 0 Å². The molecule has 1 aliphatic rings. The molecule has 1 N–H and O–H groups in total. The average Bonchev–Trinajstić information content (AvgIpc) is 2.23. The standard InChI is InChI=1S/C17H33NO/c1-7-15(19)14(18-8-2)9-13-10-16(3,4)12-17(5,6)11-13/h13-14,18H,7-12H2,1-6H3. The molecule has 0 radical (unpaired) electrons. The molecule has 1 aliphatic carbocycles. The largest absolute Gasteiger partial charge is 0.308 e. The second kappa shape index (κ2) is 6.39. The second-order valence-corrected chi connectivity index (χ2v) is 7.95. The van der Waals surface area contributed by atoms with Gasteiger partial charge in [0.15, 0.2) is 0 Å². The summed E-state index contributed by atoms with van der Waals surface area (Å²) >= 11 is 0. The molecule has 112 valence electrons. The molecule has 0 amide bonds. The first-order chi connectivity index (χ1) is 8.69. The summed E-state index contributed by atoms with van der Waals surface area (Å²) in [7, 11) is 0. The van der Waals surface area contributed by atoms with Gasteiger partial charge in [0.25, 0.3) is 0 Å². The maximum absolute atomic E-state index is 12.0. The molecule has 0 saturated heterocycles. The van der Waals surface area contributed by atoms with Crippen LogP contribution in [0.4, 0.5) is 0 Å². The quantitative estimate of drug-likeness (QED) is 0.782. The number of nitrogens with one attached hydrogen (secondary N) is 1. The lowest BCUT2D eigenvalue weighted by Crippen LogP contribution is -2.41.